The van der Waals surface area contributed by atoms with E-state index in [1.54, 1.807) is 36.4 Å². The molecule has 0 aromatic heterocycles. The van der Waals surface area contributed by atoms with Gasteiger partial charge < -0.3 is 10.1 Å². The normalized spacial score (nSPS) is 11.7. The molecule has 0 saturated carbocycles. The minimum Gasteiger partial charge on any atom is -0.457 e. The Morgan fingerprint density at radius 3 is 2.19 bits per heavy atom. The predicted molar refractivity (Wildman–Crippen MR) is 105 cm³/mol. The Morgan fingerprint density at radius 2 is 1.54 bits per heavy atom. The Balaban J connectivity index is 1.65. The smallest absolute Gasteiger partial charge is 0.251 e. The fourth-order valence-electron chi connectivity index (χ4n) is 2.44. The van der Waals surface area contributed by atoms with Gasteiger partial charge in [0.1, 0.15) is 11.5 Å². The largest absolute Gasteiger partial charge is 0.457 e. The van der Waals surface area contributed by atoms with Crippen LogP contribution in [0.5, 0.6) is 11.5 Å². The molecule has 1 N–H and O–H groups in total. The molecule has 26 heavy (non-hydrogen) atoms. The Morgan fingerprint density at radius 1 is 0.885 bits per heavy atom. The van der Waals surface area contributed by atoms with E-state index in [9.17, 15) is 4.79 Å². The van der Waals surface area contributed by atoms with Gasteiger partial charge in [-0.05, 0) is 61.0 Å². The second kappa shape index (κ2) is 8.26. The van der Waals surface area contributed by atoms with E-state index < -0.39 is 0 Å². The minimum atomic E-state index is -0.197. The molecule has 3 aromatic rings. The van der Waals surface area contributed by atoms with E-state index in [0.29, 0.717) is 21.4 Å². The van der Waals surface area contributed by atoms with Crippen LogP contribution in [0.4, 0.5) is 0 Å². The maximum absolute atomic E-state index is 12.4. The van der Waals surface area contributed by atoms with E-state index in [4.69, 9.17) is 27.9 Å². The van der Waals surface area contributed by atoms with E-state index in [2.05, 4.69) is 5.32 Å². The number of hydrogen-bond acceptors (Lipinski definition) is 2. The molecule has 1 amide bonds. The van der Waals surface area contributed by atoms with Gasteiger partial charge in [-0.15, -0.1) is 0 Å². The molecular formula is C21H17Cl2NO2. The fraction of sp³-hybridized carbons (Fsp3) is 0.0952. The molecule has 5 heteroatoms. The first-order valence-electron chi connectivity index (χ1n) is 8.12. The Labute approximate surface area is 162 Å². The number of para-hydroxylation sites is 1. The van der Waals surface area contributed by atoms with Gasteiger partial charge in [-0.1, -0.05) is 47.5 Å². The summed E-state index contributed by atoms with van der Waals surface area (Å²) in [7, 11) is 0. The quantitative estimate of drug-likeness (QED) is 0.561. The third-order valence-electron chi connectivity index (χ3n) is 3.89. The maximum Gasteiger partial charge on any atom is 0.251 e. The number of nitrogens with one attached hydrogen (secondary N) is 1. The molecule has 0 bridgehead atoms. The monoisotopic (exact) mass is 385 g/mol. The van der Waals surface area contributed by atoms with Crippen molar-refractivity contribution in [3.8, 4) is 11.5 Å². The summed E-state index contributed by atoms with van der Waals surface area (Å²) in [6, 6.07) is 21.6. The number of ether oxygens (including phenoxy) is 1. The lowest BCUT2D eigenvalue weighted by Crippen LogP contribution is -2.26. The molecule has 3 rings (SSSR count). The SMILES string of the molecule is C[C@H](NC(=O)c1ccc(Oc2ccccc2)cc1)c1ccc(Cl)c(Cl)c1. The first kappa shape index (κ1) is 18.3. The highest BCUT2D eigenvalue weighted by atomic mass is 35.5. The van der Waals surface area contributed by atoms with Crippen LogP contribution in [0.1, 0.15) is 28.9 Å². The summed E-state index contributed by atoms with van der Waals surface area (Å²) < 4.78 is 5.73. The van der Waals surface area contributed by atoms with Crippen molar-refractivity contribution in [2.24, 2.45) is 0 Å². The zero-order valence-corrected chi connectivity index (χ0v) is 15.6. The summed E-state index contributed by atoms with van der Waals surface area (Å²) in [6.07, 6.45) is 0. The molecule has 0 spiro atoms. The van der Waals surface area contributed by atoms with Gasteiger partial charge in [0.25, 0.3) is 5.91 Å². The number of rotatable bonds is 5. The van der Waals surface area contributed by atoms with Gasteiger partial charge in [0.2, 0.25) is 0 Å². The molecular weight excluding hydrogens is 369 g/mol. The van der Waals surface area contributed by atoms with Gasteiger partial charge in [-0.2, -0.15) is 0 Å². The first-order chi connectivity index (χ1) is 12.5. The standard InChI is InChI=1S/C21H17Cl2NO2/c1-14(16-9-12-19(22)20(23)13-16)24-21(25)15-7-10-18(11-8-15)26-17-5-3-2-4-6-17/h2-14H,1H3,(H,24,25)/t14-/m0/s1. The molecule has 0 unspecified atom stereocenters. The number of benzene rings is 3. The predicted octanol–water partition coefficient (Wildman–Crippen LogP) is 6.28. The van der Waals surface area contributed by atoms with Crippen LogP contribution in [0, 0.1) is 0 Å². The summed E-state index contributed by atoms with van der Waals surface area (Å²) in [5, 5.41) is 3.90. The van der Waals surface area contributed by atoms with Crippen LogP contribution < -0.4 is 10.1 Å². The highest BCUT2D eigenvalue weighted by Gasteiger charge is 2.13. The van der Waals surface area contributed by atoms with Crippen molar-refractivity contribution in [2.45, 2.75) is 13.0 Å². The van der Waals surface area contributed by atoms with Crippen molar-refractivity contribution in [3.05, 3.63) is 94.0 Å². The Kier molecular flexibility index (Phi) is 5.82. The summed E-state index contributed by atoms with van der Waals surface area (Å²) >= 11 is 12.0. The summed E-state index contributed by atoms with van der Waals surface area (Å²) in [5.41, 5.74) is 1.44. The molecule has 132 valence electrons. The Hall–Kier alpha value is -2.49. The highest BCUT2D eigenvalue weighted by molar-refractivity contribution is 6.42. The molecule has 0 saturated heterocycles. The van der Waals surface area contributed by atoms with Crippen LogP contribution in [0.3, 0.4) is 0 Å². The lowest BCUT2D eigenvalue weighted by Gasteiger charge is -2.15. The van der Waals surface area contributed by atoms with Crippen molar-refractivity contribution in [1.82, 2.24) is 5.32 Å². The van der Waals surface area contributed by atoms with Crippen molar-refractivity contribution in [1.29, 1.82) is 0 Å². The second-order valence-corrected chi connectivity index (χ2v) is 6.62. The van der Waals surface area contributed by atoms with Crippen LogP contribution in [-0.4, -0.2) is 5.91 Å². The third kappa shape index (κ3) is 4.57. The average molecular weight is 386 g/mol. The third-order valence-corrected chi connectivity index (χ3v) is 4.63. The molecule has 0 fully saturated rings. The van der Waals surface area contributed by atoms with E-state index in [1.807, 2.05) is 43.3 Å². The van der Waals surface area contributed by atoms with E-state index in [1.165, 1.54) is 0 Å². The molecule has 0 aliphatic rings. The zero-order chi connectivity index (χ0) is 18.5. The molecule has 3 nitrogen and oxygen atoms in total. The van der Waals surface area contributed by atoms with Gasteiger partial charge in [0.15, 0.2) is 0 Å². The average Bonchev–Trinajstić information content (AvgIpc) is 2.65. The van der Waals surface area contributed by atoms with Crippen molar-refractivity contribution >= 4 is 29.1 Å². The van der Waals surface area contributed by atoms with E-state index >= 15 is 0 Å². The van der Waals surface area contributed by atoms with Gasteiger partial charge in [-0.25, -0.2) is 0 Å². The van der Waals surface area contributed by atoms with Crippen LogP contribution in [0.15, 0.2) is 72.8 Å². The van der Waals surface area contributed by atoms with Gasteiger partial charge in [-0.3, -0.25) is 4.79 Å². The molecule has 1 atom stereocenters. The topological polar surface area (TPSA) is 38.3 Å². The maximum atomic E-state index is 12.4. The van der Waals surface area contributed by atoms with Gasteiger partial charge in [0, 0.05) is 5.56 Å². The van der Waals surface area contributed by atoms with Crippen LogP contribution >= 0.6 is 23.2 Å². The second-order valence-electron chi connectivity index (χ2n) is 5.81. The number of carbonyl (C=O) groups is 1. The molecule has 0 radical (unpaired) electrons. The summed E-state index contributed by atoms with van der Waals surface area (Å²) in [4.78, 5) is 12.4. The lowest BCUT2D eigenvalue weighted by molar-refractivity contribution is 0.0940. The summed E-state index contributed by atoms with van der Waals surface area (Å²) in [6.45, 7) is 1.89. The highest BCUT2D eigenvalue weighted by Crippen LogP contribution is 2.26. The molecule has 0 heterocycles. The lowest BCUT2D eigenvalue weighted by atomic mass is 10.1. The molecule has 3 aromatic carbocycles. The van der Waals surface area contributed by atoms with Crippen molar-refractivity contribution in [3.63, 3.8) is 0 Å². The number of hydrogen-bond donors (Lipinski definition) is 1. The van der Waals surface area contributed by atoms with Gasteiger partial charge in [0.05, 0.1) is 16.1 Å². The number of amides is 1. The van der Waals surface area contributed by atoms with E-state index in [0.717, 1.165) is 11.3 Å². The van der Waals surface area contributed by atoms with Crippen LogP contribution in [0.2, 0.25) is 10.0 Å². The Bertz CT molecular complexity index is 896. The molecule has 0 aliphatic heterocycles. The fourth-order valence-corrected chi connectivity index (χ4v) is 2.75. The van der Waals surface area contributed by atoms with Crippen molar-refractivity contribution in [2.75, 3.05) is 0 Å². The number of halogens is 2. The number of carbonyl (C=O) groups excluding carboxylic acids is 1. The van der Waals surface area contributed by atoms with E-state index in [-0.39, 0.29) is 11.9 Å². The molecule has 0 aliphatic carbocycles. The first-order valence-corrected chi connectivity index (χ1v) is 8.87. The van der Waals surface area contributed by atoms with Crippen molar-refractivity contribution < 1.29 is 9.53 Å². The van der Waals surface area contributed by atoms with Crippen LogP contribution in [-0.2, 0) is 0 Å². The van der Waals surface area contributed by atoms with Gasteiger partial charge >= 0.3 is 0 Å². The summed E-state index contributed by atoms with van der Waals surface area (Å²) in [5.74, 6) is 1.25. The zero-order valence-electron chi connectivity index (χ0n) is 14.1. The van der Waals surface area contributed by atoms with Crippen LogP contribution in [0.25, 0.3) is 0 Å². The minimum absolute atomic E-state index is 0.171.